The topological polar surface area (TPSA) is 17.1 Å². The zero-order valence-electron chi connectivity index (χ0n) is 6.06. The quantitative estimate of drug-likeness (QED) is 0.475. The van der Waals surface area contributed by atoms with E-state index < -0.39 is 0 Å². The Morgan fingerprint density at radius 2 is 1.75 bits per heavy atom. The summed E-state index contributed by atoms with van der Waals surface area (Å²) in [6.07, 6.45) is 1.00. The second-order valence-corrected chi connectivity index (χ2v) is 3.29. The second-order valence-electron chi connectivity index (χ2n) is 3.29. The molecule has 0 rings (SSSR count). The summed E-state index contributed by atoms with van der Waals surface area (Å²) in [4.78, 5) is 10.2. The molecule has 0 aromatic carbocycles. The number of aldehydes is 1. The largest absolute Gasteiger partial charge is 0.303 e. The maximum Gasteiger partial charge on any atom is 0.123 e. The highest BCUT2D eigenvalue weighted by Crippen LogP contribution is 2.22. The van der Waals surface area contributed by atoms with Crippen LogP contribution in [-0.2, 0) is 4.79 Å². The lowest BCUT2D eigenvalue weighted by atomic mass is 9.83. The summed E-state index contributed by atoms with van der Waals surface area (Å²) in [5.74, 6) is 0.169. The predicted octanol–water partition coefficient (Wildman–Crippen LogP) is 1.87. The van der Waals surface area contributed by atoms with Crippen LogP contribution in [0, 0.1) is 11.3 Å². The summed E-state index contributed by atoms with van der Waals surface area (Å²) in [5.41, 5.74) is 0.141. The molecule has 0 spiro atoms. The number of rotatable bonds is 1. The van der Waals surface area contributed by atoms with Gasteiger partial charge in [-0.25, -0.2) is 0 Å². The normalized spacial score (nSPS) is 15.5. The first-order chi connectivity index (χ1) is 3.48. The third-order valence-corrected chi connectivity index (χ3v) is 1.57. The molecule has 0 aliphatic heterocycles. The number of carbonyl (C=O) groups excluding carboxylic acids is 1. The molecule has 0 aromatic heterocycles. The lowest BCUT2D eigenvalue weighted by Gasteiger charge is -2.21. The molecular weight excluding hydrogens is 100 g/mol. The molecule has 0 aliphatic carbocycles. The van der Waals surface area contributed by atoms with Gasteiger partial charge in [-0.05, 0) is 5.41 Å². The summed E-state index contributed by atoms with van der Waals surface area (Å²) in [5, 5.41) is 0. The van der Waals surface area contributed by atoms with Crippen LogP contribution in [0.5, 0.6) is 0 Å². The van der Waals surface area contributed by atoms with Gasteiger partial charge in [0.1, 0.15) is 6.29 Å². The zero-order chi connectivity index (χ0) is 6.78. The van der Waals surface area contributed by atoms with Gasteiger partial charge in [0, 0.05) is 5.92 Å². The van der Waals surface area contributed by atoms with E-state index in [4.69, 9.17) is 0 Å². The van der Waals surface area contributed by atoms with Crippen LogP contribution in [0.15, 0.2) is 0 Å². The molecule has 48 valence electrons. The van der Waals surface area contributed by atoms with Crippen LogP contribution in [-0.4, -0.2) is 6.29 Å². The van der Waals surface area contributed by atoms with Crippen molar-refractivity contribution >= 4 is 6.29 Å². The van der Waals surface area contributed by atoms with Gasteiger partial charge in [0.2, 0.25) is 0 Å². The first-order valence-electron chi connectivity index (χ1n) is 2.94. The molecule has 0 saturated carbocycles. The van der Waals surface area contributed by atoms with Gasteiger partial charge < -0.3 is 4.79 Å². The van der Waals surface area contributed by atoms with Gasteiger partial charge >= 0.3 is 0 Å². The highest BCUT2D eigenvalue weighted by molar-refractivity contribution is 5.53. The third-order valence-electron chi connectivity index (χ3n) is 1.57. The Morgan fingerprint density at radius 1 is 1.38 bits per heavy atom. The molecule has 0 heterocycles. The van der Waals surface area contributed by atoms with E-state index in [9.17, 15) is 4.79 Å². The van der Waals surface area contributed by atoms with Crippen LogP contribution in [0.2, 0.25) is 0 Å². The first-order valence-corrected chi connectivity index (χ1v) is 2.94. The first kappa shape index (κ1) is 7.67. The molecule has 0 radical (unpaired) electrons. The van der Waals surface area contributed by atoms with E-state index in [0.717, 1.165) is 6.29 Å². The van der Waals surface area contributed by atoms with Gasteiger partial charge in [0.15, 0.2) is 0 Å². The Hall–Kier alpha value is -0.330. The van der Waals surface area contributed by atoms with Crippen LogP contribution >= 0.6 is 0 Å². The standard InChI is InChI=1S/C7H14O/c1-6(5-8)7(2,3)4/h5-6H,1-4H3/t6-/m0/s1. The van der Waals surface area contributed by atoms with E-state index >= 15 is 0 Å². The van der Waals surface area contributed by atoms with Crippen LogP contribution in [0.1, 0.15) is 27.7 Å². The lowest BCUT2D eigenvalue weighted by molar-refractivity contribution is -0.113. The Kier molecular flexibility index (Phi) is 2.20. The van der Waals surface area contributed by atoms with Crippen molar-refractivity contribution in [2.24, 2.45) is 11.3 Å². The van der Waals surface area contributed by atoms with Gasteiger partial charge in [0.05, 0.1) is 0 Å². The molecule has 0 aromatic rings. The molecule has 0 aliphatic rings. The average molecular weight is 114 g/mol. The van der Waals surface area contributed by atoms with E-state index in [1.807, 2.05) is 6.92 Å². The second kappa shape index (κ2) is 2.29. The Balaban J connectivity index is 3.80. The Morgan fingerprint density at radius 3 is 1.75 bits per heavy atom. The van der Waals surface area contributed by atoms with Crippen molar-refractivity contribution in [1.29, 1.82) is 0 Å². The molecule has 0 amide bonds. The smallest absolute Gasteiger partial charge is 0.123 e. The number of hydrogen-bond acceptors (Lipinski definition) is 1. The maximum absolute atomic E-state index is 10.2. The van der Waals surface area contributed by atoms with Crippen LogP contribution in [0.4, 0.5) is 0 Å². The summed E-state index contributed by atoms with van der Waals surface area (Å²) in [6.45, 7) is 8.12. The van der Waals surface area contributed by atoms with Crippen molar-refractivity contribution in [2.45, 2.75) is 27.7 Å². The lowest BCUT2D eigenvalue weighted by Crippen LogP contribution is -2.17. The number of hydrogen-bond donors (Lipinski definition) is 0. The van der Waals surface area contributed by atoms with Crippen molar-refractivity contribution in [3.8, 4) is 0 Å². The molecule has 1 nitrogen and oxygen atoms in total. The van der Waals surface area contributed by atoms with Crippen molar-refractivity contribution < 1.29 is 4.79 Å². The Labute approximate surface area is 51.1 Å². The van der Waals surface area contributed by atoms with E-state index in [2.05, 4.69) is 20.8 Å². The van der Waals surface area contributed by atoms with Crippen molar-refractivity contribution in [2.75, 3.05) is 0 Å². The van der Waals surface area contributed by atoms with Crippen LogP contribution < -0.4 is 0 Å². The van der Waals surface area contributed by atoms with Crippen molar-refractivity contribution in [3.05, 3.63) is 0 Å². The Bertz CT molecular complexity index is 78.9. The molecule has 0 N–H and O–H groups in total. The van der Waals surface area contributed by atoms with Crippen molar-refractivity contribution in [1.82, 2.24) is 0 Å². The highest BCUT2D eigenvalue weighted by Gasteiger charge is 2.18. The van der Waals surface area contributed by atoms with Gasteiger partial charge in [-0.3, -0.25) is 0 Å². The van der Waals surface area contributed by atoms with Gasteiger partial charge in [-0.15, -0.1) is 0 Å². The van der Waals surface area contributed by atoms with E-state index in [0.29, 0.717) is 0 Å². The molecule has 0 bridgehead atoms. The van der Waals surface area contributed by atoms with Crippen molar-refractivity contribution in [3.63, 3.8) is 0 Å². The summed E-state index contributed by atoms with van der Waals surface area (Å²) in [7, 11) is 0. The minimum Gasteiger partial charge on any atom is -0.303 e. The third kappa shape index (κ3) is 2.10. The molecule has 1 heteroatoms. The molecule has 0 saturated heterocycles. The summed E-state index contributed by atoms with van der Waals surface area (Å²) < 4.78 is 0. The van der Waals surface area contributed by atoms with E-state index in [1.165, 1.54) is 0 Å². The van der Waals surface area contributed by atoms with Crippen LogP contribution in [0.25, 0.3) is 0 Å². The predicted molar refractivity (Wildman–Crippen MR) is 34.7 cm³/mol. The summed E-state index contributed by atoms with van der Waals surface area (Å²) >= 11 is 0. The molecule has 1 atom stereocenters. The fourth-order valence-electron chi connectivity index (χ4n) is 0.204. The van der Waals surface area contributed by atoms with Gasteiger partial charge in [-0.2, -0.15) is 0 Å². The monoisotopic (exact) mass is 114 g/mol. The van der Waals surface area contributed by atoms with Gasteiger partial charge in [0.25, 0.3) is 0 Å². The zero-order valence-corrected chi connectivity index (χ0v) is 6.06. The van der Waals surface area contributed by atoms with E-state index in [-0.39, 0.29) is 11.3 Å². The average Bonchev–Trinajstić information content (AvgIpc) is 1.62. The molecule has 8 heavy (non-hydrogen) atoms. The molecule has 0 fully saturated rings. The molecular formula is C7H14O. The highest BCUT2D eigenvalue weighted by atomic mass is 16.1. The minimum absolute atomic E-state index is 0.141. The SMILES string of the molecule is C[C@@H](C=O)C(C)(C)C. The number of carbonyl (C=O) groups is 1. The van der Waals surface area contributed by atoms with E-state index in [1.54, 1.807) is 0 Å². The maximum atomic E-state index is 10.2. The fourth-order valence-corrected chi connectivity index (χ4v) is 0.204. The molecule has 0 unspecified atom stereocenters. The summed E-state index contributed by atoms with van der Waals surface area (Å²) in [6, 6.07) is 0. The minimum atomic E-state index is 0.141. The van der Waals surface area contributed by atoms with Crippen LogP contribution in [0.3, 0.4) is 0 Å². The van der Waals surface area contributed by atoms with Gasteiger partial charge in [-0.1, -0.05) is 27.7 Å². The fraction of sp³-hybridized carbons (Fsp3) is 0.857.